The minimum atomic E-state index is 0.534. The van der Waals surface area contributed by atoms with Crippen LogP contribution in [0.15, 0.2) is 48.7 Å². The molecular formula is C20H21N3O4. The summed E-state index contributed by atoms with van der Waals surface area (Å²) in [6, 6.07) is 13.0. The van der Waals surface area contributed by atoms with E-state index in [1.807, 2.05) is 36.4 Å². The summed E-state index contributed by atoms with van der Waals surface area (Å²) in [4.78, 5) is 8.91. The van der Waals surface area contributed by atoms with Crippen molar-refractivity contribution in [3.8, 4) is 34.4 Å². The molecule has 0 radical (unpaired) electrons. The Labute approximate surface area is 157 Å². The number of anilines is 2. The highest BCUT2D eigenvalue weighted by Crippen LogP contribution is 2.40. The van der Waals surface area contributed by atoms with E-state index in [2.05, 4.69) is 15.3 Å². The van der Waals surface area contributed by atoms with Crippen molar-refractivity contribution in [3.63, 3.8) is 0 Å². The monoisotopic (exact) mass is 367 g/mol. The molecule has 0 saturated carbocycles. The molecule has 1 N–H and O–H groups in total. The summed E-state index contributed by atoms with van der Waals surface area (Å²) in [6.07, 6.45) is 1.70. The number of nitrogens with zero attached hydrogens (tertiary/aromatic N) is 2. The molecule has 27 heavy (non-hydrogen) atoms. The van der Waals surface area contributed by atoms with E-state index in [0.29, 0.717) is 28.9 Å². The van der Waals surface area contributed by atoms with E-state index in [1.54, 1.807) is 40.7 Å². The number of methoxy groups -OCH3 is 4. The zero-order chi connectivity index (χ0) is 19.2. The van der Waals surface area contributed by atoms with E-state index < -0.39 is 0 Å². The molecule has 0 amide bonds. The standard InChI is InChI=1S/C20H21N3O4/c1-24-15-7-5-13(6-8-15)20-21-10-9-18(23-20)22-14-11-16(25-2)19(27-4)17(12-14)26-3/h5-12H,1-4H3,(H,21,22,23). The van der Waals surface area contributed by atoms with Crippen molar-refractivity contribution in [2.45, 2.75) is 0 Å². The molecule has 0 aliphatic rings. The second kappa shape index (κ2) is 8.27. The highest BCUT2D eigenvalue weighted by molar-refractivity contribution is 5.67. The molecule has 1 heterocycles. The summed E-state index contributed by atoms with van der Waals surface area (Å²) in [7, 11) is 6.35. The van der Waals surface area contributed by atoms with Crippen molar-refractivity contribution in [3.05, 3.63) is 48.7 Å². The van der Waals surface area contributed by atoms with E-state index >= 15 is 0 Å². The third-order valence-corrected chi connectivity index (χ3v) is 3.94. The second-order valence-corrected chi connectivity index (χ2v) is 5.53. The number of rotatable bonds is 7. The molecule has 0 aliphatic heterocycles. The fourth-order valence-electron chi connectivity index (χ4n) is 2.61. The summed E-state index contributed by atoms with van der Waals surface area (Å²) < 4.78 is 21.3. The summed E-state index contributed by atoms with van der Waals surface area (Å²) in [6.45, 7) is 0. The Morgan fingerprint density at radius 3 is 2.00 bits per heavy atom. The Balaban J connectivity index is 1.90. The van der Waals surface area contributed by atoms with Crippen molar-refractivity contribution in [1.82, 2.24) is 9.97 Å². The number of hydrogen-bond acceptors (Lipinski definition) is 7. The van der Waals surface area contributed by atoms with Crippen LogP contribution in [0, 0.1) is 0 Å². The first kappa shape index (κ1) is 18.3. The molecule has 140 valence electrons. The average Bonchev–Trinajstić information content (AvgIpc) is 2.73. The normalized spacial score (nSPS) is 10.2. The summed E-state index contributed by atoms with van der Waals surface area (Å²) in [5, 5.41) is 3.25. The molecule has 0 spiro atoms. The Hall–Kier alpha value is -3.48. The van der Waals surface area contributed by atoms with Gasteiger partial charge in [-0.05, 0) is 30.3 Å². The molecule has 7 heteroatoms. The lowest BCUT2D eigenvalue weighted by Crippen LogP contribution is -2.00. The molecule has 7 nitrogen and oxygen atoms in total. The SMILES string of the molecule is COc1ccc(-c2nccc(Nc3cc(OC)c(OC)c(OC)c3)n2)cc1. The van der Waals surface area contributed by atoms with Gasteiger partial charge in [-0.2, -0.15) is 0 Å². The first-order chi connectivity index (χ1) is 13.2. The van der Waals surface area contributed by atoms with Crippen LogP contribution in [0.2, 0.25) is 0 Å². The predicted molar refractivity (Wildman–Crippen MR) is 103 cm³/mol. The van der Waals surface area contributed by atoms with Gasteiger partial charge in [0.05, 0.1) is 28.4 Å². The quantitative estimate of drug-likeness (QED) is 0.678. The van der Waals surface area contributed by atoms with Crippen LogP contribution >= 0.6 is 0 Å². The van der Waals surface area contributed by atoms with E-state index in [-0.39, 0.29) is 0 Å². The van der Waals surface area contributed by atoms with Crippen LogP contribution in [0.1, 0.15) is 0 Å². The second-order valence-electron chi connectivity index (χ2n) is 5.53. The first-order valence-corrected chi connectivity index (χ1v) is 8.23. The maximum atomic E-state index is 5.38. The highest BCUT2D eigenvalue weighted by Gasteiger charge is 2.13. The van der Waals surface area contributed by atoms with Crippen LogP contribution < -0.4 is 24.3 Å². The topological polar surface area (TPSA) is 74.7 Å². The molecular weight excluding hydrogens is 346 g/mol. The van der Waals surface area contributed by atoms with Gasteiger partial charge in [0.2, 0.25) is 5.75 Å². The third-order valence-electron chi connectivity index (χ3n) is 3.94. The van der Waals surface area contributed by atoms with Crippen LogP contribution in [0.5, 0.6) is 23.0 Å². The third kappa shape index (κ3) is 4.03. The maximum Gasteiger partial charge on any atom is 0.203 e. The van der Waals surface area contributed by atoms with Crippen molar-refractivity contribution in [1.29, 1.82) is 0 Å². The number of nitrogens with one attached hydrogen (secondary N) is 1. The molecule has 0 saturated heterocycles. The van der Waals surface area contributed by atoms with Crippen molar-refractivity contribution >= 4 is 11.5 Å². The number of benzene rings is 2. The molecule has 3 rings (SSSR count). The minimum Gasteiger partial charge on any atom is -0.497 e. The molecule has 2 aromatic carbocycles. The van der Waals surface area contributed by atoms with Crippen LogP contribution in [0.4, 0.5) is 11.5 Å². The maximum absolute atomic E-state index is 5.38. The summed E-state index contributed by atoms with van der Waals surface area (Å²) in [5.74, 6) is 3.69. The highest BCUT2D eigenvalue weighted by atomic mass is 16.5. The zero-order valence-electron chi connectivity index (χ0n) is 15.6. The van der Waals surface area contributed by atoms with Gasteiger partial charge in [0.1, 0.15) is 11.6 Å². The molecule has 0 bridgehead atoms. The molecule has 3 aromatic rings. The van der Waals surface area contributed by atoms with Gasteiger partial charge in [-0.25, -0.2) is 9.97 Å². The molecule has 0 fully saturated rings. The van der Waals surface area contributed by atoms with Crippen molar-refractivity contribution in [2.24, 2.45) is 0 Å². The molecule has 0 unspecified atom stereocenters. The summed E-state index contributed by atoms with van der Waals surface area (Å²) >= 11 is 0. The predicted octanol–water partition coefficient (Wildman–Crippen LogP) is 3.92. The first-order valence-electron chi connectivity index (χ1n) is 8.23. The van der Waals surface area contributed by atoms with Crippen molar-refractivity contribution in [2.75, 3.05) is 33.8 Å². The van der Waals surface area contributed by atoms with Gasteiger partial charge in [0, 0.05) is 29.6 Å². The lowest BCUT2D eigenvalue weighted by Gasteiger charge is -2.15. The van der Waals surface area contributed by atoms with Crippen LogP contribution in [-0.2, 0) is 0 Å². The zero-order valence-corrected chi connectivity index (χ0v) is 15.6. The Kier molecular flexibility index (Phi) is 5.61. The minimum absolute atomic E-state index is 0.534. The fraction of sp³-hybridized carbons (Fsp3) is 0.200. The number of aromatic nitrogens is 2. The van der Waals surface area contributed by atoms with Gasteiger partial charge >= 0.3 is 0 Å². The Morgan fingerprint density at radius 2 is 1.44 bits per heavy atom. The van der Waals surface area contributed by atoms with Crippen molar-refractivity contribution < 1.29 is 18.9 Å². The van der Waals surface area contributed by atoms with Crippen LogP contribution in [0.25, 0.3) is 11.4 Å². The van der Waals surface area contributed by atoms with Gasteiger partial charge in [0.25, 0.3) is 0 Å². The van der Waals surface area contributed by atoms with Crippen LogP contribution in [-0.4, -0.2) is 38.4 Å². The molecule has 1 aromatic heterocycles. The van der Waals surface area contributed by atoms with Gasteiger partial charge in [-0.3, -0.25) is 0 Å². The molecule has 0 aliphatic carbocycles. The lowest BCUT2D eigenvalue weighted by molar-refractivity contribution is 0.324. The van der Waals surface area contributed by atoms with E-state index in [1.165, 1.54) is 0 Å². The number of hydrogen-bond donors (Lipinski definition) is 1. The smallest absolute Gasteiger partial charge is 0.203 e. The van der Waals surface area contributed by atoms with Gasteiger partial charge in [-0.1, -0.05) is 0 Å². The average molecular weight is 367 g/mol. The lowest BCUT2D eigenvalue weighted by atomic mass is 10.2. The van der Waals surface area contributed by atoms with Gasteiger partial charge in [0.15, 0.2) is 17.3 Å². The largest absolute Gasteiger partial charge is 0.497 e. The van der Waals surface area contributed by atoms with Crippen LogP contribution in [0.3, 0.4) is 0 Å². The Bertz CT molecular complexity index is 888. The molecule has 0 atom stereocenters. The van der Waals surface area contributed by atoms with E-state index in [0.717, 1.165) is 17.0 Å². The number of ether oxygens (including phenoxy) is 4. The van der Waals surface area contributed by atoms with Gasteiger partial charge < -0.3 is 24.3 Å². The summed E-state index contributed by atoms with van der Waals surface area (Å²) in [5.41, 5.74) is 1.65. The van der Waals surface area contributed by atoms with Gasteiger partial charge in [-0.15, -0.1) is 0 Å². The fourth-order valence-corrected chi connectivity index (χ4v) is 2.61. The van der Waals surface area contributed by atoms with E-state index in [4.69, 9.17) is 18.9 Å². The Morgan fingerprint density at radius 1 is 0.778 bits per heavy atom. The van der Waals surface area contributed by atoms with E-state index in [9.17, 15) is 0 Å².